The molecule has 2 aromatic carbocycles. The largest absolute Gasteiger partial charge is 0.399 e. The summed E-state index contributed by atoms with van der Waals surface area (Å²) in [7, 11) is 0. The maximum absolute atomic E-state index is 12.0. The fraction of sp³-hybridized carbons (Fsp3) is 0.0714. The van der Waals surface area contributed by atoms with Gasteiger partial charge in [-0.3, -0.25) is 4.79 Å². The van der Waals surface area contributed by atoms with E-state index in [1.165, 1.54) is 0 Å². The minimum atomic E-state index is -0.262. The van der Waals surface area contributed by atoms with Crippen molar-refractivity contribution in [1.82, 2.24) is 0 Å². The van der Waals surface area contributed by atoms with Crippen LogP contribution in [0.3, 0.4) is 0 Å². The summed E-state index contributed by atoms with van der Waals surface area (Å²) in [4.78, 5) is 12.0. The minimum absolute atomic E-state index is 0.262. The van der Waals surface area contributed by atoms with E-state index in [0.29, 0.717) is 27.0 Å². The van der Waals surface area contributed by atoms with Crippen molar-refractivity contribution in [2.24, 2.45) is 0 Å². The molecule has 3 N–H and O–H groups in total. The Morgan fingerprint density at radius 2 is 1.74 bits per heavy atom. The summed E-state index contributed by atoms with van der Waals surface area (Å²) < 4.78 is 0. The Morgan fingerprint density at radius 3 is 2.37 bits per heavy atom. The molecule has 0 heterocycles. The molecular weight excluding hydrogens is 283 g/mol. The van der Waals surface area contributed by atoms with Gasteiger partial charge in [-0.2, -0.15) is 0 Å². The van der Waals surface area contributed by atoms with Gasteiger partial charge in [0.2, 0.25) is 0 Å². The summed E-state index contributed by atoms with van der Waals surface area (Å²) in [6, 6.07) is 9.97. The van der Waals surface area contributed by atoms with E-state index >= 15 is 0 Å². The number of nitrogens with one attached hydrogen (secondary N) is 1. The molecule has 2 rings (SSSR count). The molecule has 0 saturated carbocycles. The molecule has 19 heavy (non-hydrogen) atoms. The molecule has 0 saturated heterocycles. The average molecular weight is 295 g/mol. The van der Waals surface area contributed by atoms with Crippen LogP contribution in [0.25, 0.3) is 0 Å². The number of hydrogen-bond acceptors (Lipinski definition) is 2. The Morgan fingerprint density at radius 1 is 1.11 bits per heavy atom. The third-order valence-corrected chi connectivity index (χ3v) is 3.39. The molecule has 0 radical (unpaired) electrons. The number of carbonyl (C=O) groups excluding carboxylic acids is 1. The van der Waals surface area contributed by atoms with Crippen molar-refractivity contribution in [2.45, 2.75) is 6.92 Å². The summed E-state index contributed by atoms with van der Waals surface area (Å²) in [6.07, 6.45) is 0. The molecule has 0 aromatic heterocycles. The summed E-state index contributed by atoms with van der Waals surface area (Å²) >= 11 is 12.1. The van der Waals surface area contributed by atoms with E-state index in [2.05, 4.69) is 5.32 Å². The van der Waals surface area contributed by atoms with Crippen molar-refractivity contribution in [3.05, 3.63) is 57.6 Å². The Labute approximate surface area is 121 Å². The highest BCUT2D eigenvalue weighted by Gasteiger charge is 2.10. The van der Waals surface area contributed by atoms with Gasteiger partial charge in [0.05, 0.1) is 10.7 Å². The van der Waals surface area contributed by atoms with Gasteiger partial charge in [0.25, 0.3) is 5.91 Å². The van der Waals surface area contributed by atoms with E-state index in [-0.39, 0.29) is 5.91 Å². The summed E-state index contributed by atoms with van der Waals surface area (Å²) in [5.74, 6) is -0.262. The van der Waals surface area contributed by atoms with E-state index in [0.717, 1.165) is 5.56 Å². The Hall–Kier alpha value is -1.71. The molecule has 0 aliphatic rings. The van der Waals surface area contributed by atoms with Crippen LogP contribution in [0, 0.1) is 6.92 Å². The number of rotatable bonds is 2. The molecule has 0 unspecified atom stereocenters. The molecule has 1 amide bonds. The van der Waals surface area contributed by atoms with Gasteiger partial charge in [-0.15, -0.1) is 0 Å². The van der Waals surface area contributed by atoms with Gasteiger partial charge in [-0.1, -0.05) is 23.2 Å². The molecule has 0 aliphatic heterocycles. The van der Waals surface area contributed by atoms with Crippen molar-refractivity contribution in [3.63, 3.8) is 0 Å². The van der Waals surface area contributed by atoms with E-state index < -0.39 is 0 Å². The number of hydrogen-bond donors (Lipinski definition) is 2. The number of amides is 1. The number of carbonyl (C=O) groups is 1. The molecule has 3 nitrogen and oxygen atoms in total. The second-order valence-corrected chi connectivity index (χ2v) is 4.97. The summed E-state index contributed by atoms with van der Waals surface area (Å²) in [5, 5.41) is 3.72. The van der Waals surface area contributed by atoms with E-state index in [1.807, 2.05) is 6.92 Å². The summed E-state index contributed by atoms with van der Waals surface area (Å²) in [5.41, 5.74) is 8.02. The van der Waals surface area contributed by atoms with Crippen molar-refractivity contribution >= 4 is 40.5 Å². The molecule has 0 atom stereocenters. The van der Waals surface area contributed by atoms with Gasteiger partial charge in [0, 0.05) is 16.3 Å². The first-order valence-electron chi connectivity index (χ1n) is 5.60. The Balaban J connectivity index is 2.24. The quantitative estimate of drug-likeness (QED) is 0.818. The van der Waals surface area contributed by atoms with Gasteiger partial charge in [0.15, 0.2) is 0 Å². The van der Waals surface area contributed by atoms with Crippen LogP contribution in [0.5, 0.6) is 0 Å². The first-order valence-corrected chi connectivity index (χ1v) is 6.35. The Kier molecular flexibility index (Phi) is 3.98. The van der Waals surface area contributed by atoms with Crippen LogP contribution in [0.2, 0.25) is 10.0 Å². The second kappa shape index (κ2) is 5.51. The molecule has 5 heteroatoms. The maximum Gasteiger partial charge on any atom is 0.255 e. The highest BCUT2D eigenvalue weighted by atomic mass is 35.5. The number of aryl methyl sites for hydroxylation is 1. The Bertz CT molecular complexity index is 624. The van der Waals surface area contributed by atoms with Crippen molar-refractivity contribution in [2.75, 3.05) is 11.1 Å². The van der Waals surface area contributed by atoms with E-state index in [9.17, 15) is 4.79 Å². The van der Waals surface area contributed by atoms with Crippen LogP contribution in [-0.2, 0) is 0 Å². The van der Waals surface area contributed by atoms with Crippen LogP contribution in [-0.4, -0.2) is 5.91 Å². The molecule has 0 spiro atoms. The van der Waals surface area contributed by atoms with Crippen LogP contribution in [0.15, 0.2) is 36.4 Å². The number of anilines is 2. The second-order valence-electron chi connectivity index (χ2n) is 4.16. The molecule has 0 fully saturated rings. The first kappa shape index (κ1) is 13.7. The van der Waals surface area contributed by atoms with Crippen LogP contribution >= 0.6 is 23.2 Å². The van der Waals surface area contributed by atoms with Gasteiger partial charge < -0.3 is 11.1 Å². The lowest BCUT2D eigenvalue weighted by Gasteiger charge is -2.09. The predicted octanol–water partition coefficient (Wildman–Crippen LogP) is 4.14. The molecule has 2 aromatic rings. The standard InChI is InChI=1S/C14H12Cl2N2O/c1-8-6-12(16)13(7-11(8)15)18-14(19)9-2-4-10(17)5-3-9/h2-7H,17H2,1H3,(H,18,19). The van der Waals surface area contributed by atoms with Gasteiger partial charge in [-0.05, 0) is 48.9 Å². The fourth-order valence-electron chi connectivity index (χ4n) is 1.57. The van der Waals surface area contributed by atoms with Crippen molar-refractivity contribution in [1.29, 1.82) is 0 Å². The lowest BCUT2D eigenvalue weighted by Crippen LogP contribution is -2.12. The molecular formula is C14H12Cl2N2O. The zero-order valence-corrected chi connectivity index (χ0v) is 11.7. The molecule has 0 aliphatic carbocycles. The third-order valence-electron chi connectivity index (χ3n) is 2.67. The van der Waals surface area contributed by atoms with Gasteiger partial charge in [-0.25, -0.2) is 0 Å². The van der Waals surface area contributed by atoms with Crippen LogP contribution < -0.4 is 11.1 Å². The molecule has 0 bridgehead atoms. The lowest BCUT2D eigenvalue weighted by atomic mass is 10.2. The average Bonchev–Trinajstić information content (AvgIpc) is 2.36. The summed E-state index contributed by atoms with van der Waals surface area (Å²) in [6.45, 7) is 1.85. The maximum atomic E-state index is 12.0. The van der Waals surface area contributed by atoms with Crippen LogP contribution in [0.1, 0.15) is 15.9 Å². The lowest BCUT2D eigenvalue weighted by molar-refractivity contribution is 0.102. The predicted molar refractivity (Wildman–Crippen MR) is 80.0 cm³/mol. The molecule has 98 valence electrons. The topological polar surface area (TPSA) is 55.1 Å². The number of benzene rings is 2. The highest BCUT2D eigenvalue weighted by Crippen LogP contribution is 2.29. The zero-order valence-electron chi connectivity index (χ0n) is 10.2. The third kappa shape index (κ3) is 3.19. The monoisotopic (exact) mass is 294 g/mol. The normalized spacial score (nSPS) is 10.3. The zero-order chi connectivity index (χ0) is 14.0. The number of nitrogen functional groups attached to an aromatic ring is 1. The SMILES string of the molecule is Cc1cc(Cl)c(NC(=O)c2ccc(N)cc2)cc1Cl. The minimum Gasteiger partial charge on any atom is -0.399 e. The van der Waals surface area contributed by atoms with E-state index in [1.54, 1.807) is 36.4 Å². The van der Waals surface area contributed by atoms with Crippen LogP contribution in [0.4, 0.5) is 11.4 Å². The smallest absolute Gasteiger partial charge is 0.255 e. The van der Waals surface area contributed by atoms with E-state index in [4.69, 9.17) is 28.9 Å². The van der Waals surface area contributed by atoms with Gasteiger partial charge >= 0.3 is 0 Å². The first-order chi connectivity index (χ1) is 8.97. The van der Waals surface area contributed by atoms with Gasteiger partial charge in [0.1, 0.15) is 0 Å². The van der Waals surface area contributed by atoms with Crippen molar-refractivity contribution in [3.8, 4) is 0 Å². The highest BCUT2D eigenvalue weighted by molar-refractivity contribution is 6.36. The number of halogens is 2. The van der Waals surface area contributed by atoms with Crippen molar-refractivity contribution < 1.29 is 4.79 Å². The fourth-order valence-corrected chi connectivity index (χ4v) is 2.00. The number of nitrogens with two attached hydrogens (primary N) is 1.